The first-order valence-electron chi connectivity index (χ1n) is 8.85. The maximum atomic E-state index is 12.8. The molecular weight excluding hydrogens is 292 g/mol. The standard InChI is InChI=1S/C17H26N4O2/c1-3-19(4-2)17(23)15-18-14(13-9-5-6-12-21(13)15)16(22)20-10-7-8-11-20/h3-12H2,1-2H3. The highest BCUT2D eigenvalue weighted by Gasteiger charge is 2.31. The van der Waals surface area contributed by atoms with E-state index in [2.05, 4.69) is 4.98 Å². The zero-order valence-corrected chi connectivity index (χ0v) is 14.2. The summed E-state index contributed by atoms with van der Waals surface area (Å²) in [6.45, 7) is 7.67. The molecule has 3 rings (SSSR count). The lowest BCUT2D eigenvalue weighted by molar-refractivity contribution is 0.0754. The van der Waals surface area contributed by atoms with Crippen LogP contribution < -0.4 is 0 Å². The number of likely N-dealkylation sites (tertiary alicyclic amines) is 1. The maximum Gasteiger partial charge on any atom is 0.289 e. The number of nitrogens with zero attached hydrogens (tertiary/aromatic N) is 4. The smallest absolute Gasteiger partial charge is 0.289 e. The first-order chi connectivity index (χ1) is 11.2. The average Bonchev–Trinajstić information content (AvgIpc) is 3.23. The molecule has 0 atom stereocenters. The predicted octanol–water partition coefficient (Wildman–Crippen LogP) is 1.94. The summed E-state index contributed by atoms with van der Waals surface area (Å²) >= 11 is 0. The van der Waals surface area contributed by atoms with Crippen molar-refractivity contribution in [2.45, 2.75) is 52.5 Å². The molecule has 2 aliphatic rings. The lowest BCUT2D eigenvalue weighted by Crippen LogP contribution is -2.33. The SMILES string of the molecule is CCN(CC)C(=O)c1nc(C(=O)N2CCCC2)c2n1CCCC2. The van der Waals surface area contributed by atoms with Crippen molar-refractivity contribution in [3.8, 4) is 0 Å². The minimum absolute atomic E-state index is 0.00625. The van der Waals surface area contributed by atoms with Crippen LogP contribution in [0.4, 0.5) is 0 Å². The molecule has 0 aromatic carbocycles. The summed E-state index contributed by atoms with van der Waals surface area (Å²) in [6.07, 6.45) is 5.07. The first kappa shape index (κ1) is 16.0. The van der Waals surface area contributed by atoms with E-state index in [0.717, 1.165) is 57.4 Å². The van der Waals surface area contributed by atoms with E-state index < -0.39 is 0 Å². The molecule has 0 bridgehead atoms. The van der Waals surface area contributed by atoms with Crippen molar-refractivity contribution >= 4 is 11.8 Å². The third-order valence-corrected chi connectivity index (χ3v) is 4.96. The van der Waals surface area contributed by atoms with Gasteiger partial charge in [-0.15, -0.1) is 0 Å². The summed E-state index contributed by atoms with van der Waals surface area (Å²) in [6, 6.07) is 0. The number of carbonyl (C=O) groups is 2. The number of carbonyl (C=O) groups excluding carboxylic acids is 2. The molecule has 0 radical (unpaired) electrons. The molecule has 1 aromatic heterocycles. The molecule has 0 spiro atoms. The molecule has 6 heteroatoms. The molecule has 0 aliphatic carbocycles. The molecule has 1 saturated heterocycles. The summed E-state index contributed by atoms with van der Waals surface area (Å²) in [7, 11) is 0. The topological polar surface area (TPSA) is 58.4 Å². The van der Waals surface area contributed by atoms with Gasteiger partial charge in [-0.1, -0.05) is 0 Å². The van der Waals surface area contributed by atoms with E-state index in [1.165, 1.54) is 0 Å². The molecule has 23 heavy (non-hydrogen) atoms. The largest absolute Gasteiger partial charge is 0.337 e. The molecule has 0 unspecified atom stereocenters. The van der Waals surface area contributed by atoms with Gasteiger partial charge >= 0.3 is 0 Å². The highest BCUT2D eigenvalue weighted by atomic mass is 16.2. The molecule has 1 aromatic rings. The van der Waals surface area contributed by atoms with E-state index in [1.54, 1.807) is 4.90 Å². The van der Waals surface area contributed by atoms with Crippen LogP contribution in [0.25, 0.3) is 0 Å². The van der Waals surface area contributed by atoms with Crippen LogP contribution in [0, 0.1) is 0 Å². The third-order valence-electron chi connectivity index (χ3n) is 4.96. The lowest BCUT2D eigenvalue weighted by Gasteiger charge is -2.21. The first-order valence-corrected chi connectivity index (χ1v) is 8.85. The number of rotatable bonds is 4. The second-order valence-electron chi connectivity index (χ2n) is 6.32. The Morgan fingerprint density at radius 1 is 1.04 bits per heavy atom. The summed E-state index contributed by atoms with van der Waals surface area (Å²) in [4.78, 5) is 33.7. The zero-order valence-electron chi connectivity index (χ0n) is 14.2. The fraction of sp³-hybridized carbons (Fsp3) is 0.706. The summed E-state index contributed by atoms with van der Waals surface area (Å²) in [5.41, 5.74) is 1.48. The van der Waals surface area contributed by atoms with E-state index in [9.17, 15) is 9.59 Å². The Balaban J connectivity index is 1.97. The van der Waals surface area contributed by atoms with Crippen LogP contribution in [-0.4, -0.2) is 57.3 Å². The molecular formula is C17H26N4O2. The molecule has 126 valence electrons. The normalized spacial score (nSPS) is 17.2. The van der Waals surface area contributed by atoms with Crippen LogP contribution in [0.5, 0.6) is 0 Å². The van der Waals surface area contributed by atoms with Crippen molar-refractivity contribution in [1.29, 1.82) is 0 Å². The zero-order chi connectivity index (χ0) is 16.4. The van der Waals surface area contributed by atoms with E-state index in [1.807, 2.05) is 23.3 Å². The van der Waals surface area contributed by atoms with Crippen molar-refractivity contribution in [1.82, 2.24) is 19.4 Å². The maximum absolute atomic E-state index is 12.8. The van der Waals surface area contributed by atoms with Gasteiger partial charge in [0.2, 0.25) is 0 Å². The second kappa shape index (κ2) is 6.72. The number of hydrogen-bond donors (Lipinski definition) is 0. The highest BCUT2D eigenvalue weighted by Crippen LogP contribution is 2.24. The molecule has 6 nitrogen and oxygen atoms in total. The minimum Gasteiger partial charge on any atom is -0.337 e. The molecule has 3 heterocycles. The summed E-state index contributed by atoms with van der Waals surface area (Å²) < 4.78 is 1.99. The molecule has 0 saturated carbocycles. The van der Waals surface area contributed by atoms with Gasteiger partial charge in [0.1, 0.15) is 5.69 Å². The quantitative estimate of drug-likeness (QED) is 0.852. The summed E-state index contributed by atoms with van der Waals surface area (Å²) in [5, 5.41) is 0. The Morgan fingerprint density at radius 3 is 2.35 bits per heavy atom. The molecule has 0 N–H and O–H groups in total. The second-order valence-corrected chi connectivity index (χ2v) is 6.32. The average molecular weight is 318 g/mol. The Morgan fingerprint density at radius 2 is 1.70 bits per heavy atom. The monoisotopic (exact) mass is 318 g/mol. The van der Waals surface area contributed by atoms with Gasteiger partial charge in [0.25, 0.3) is 11.8 Å². The van der Waals surface area contributed by atoms with Crippen molar-refractivity contribution in [3.05, 3.63) is 17.2 Å². The fourth-order valence-corrected chi connectivity index (χ4v) is 3.60. The van der Waals surface area contributed by atoms with Crippen LogP contribution in [0.3, 0.4) is 0 Å². The number of fused-ring (bicyclic) bond motifs is 1. The van der Waals surface area contributed by atoms with Gasteiger partial charge in [-0.2, -0.15) is 0 Å². The number of hydrogen-bond acceptors (Lipinski definition) is 3. The van der Waals surface area contributed by atoms with Gasteiger partial charge in [0, 0.05) is 32.7 Å². The van der Waals surface area contributed by atoms with Crippen LogP contribution >= 0.6 is 0 Å². The minimum atomic E-state index is -0.0568. The highest BCUT2D eigenvalue weighted by molar-refractivity contribution is 5.97. The van der Waals surface area contributed by atoms with E-state index in [0.29, 0.717) is 24.6 Å². The van der Waals surface area contributed by atoms with Crippen molar-refractivity contribution in [3.63, 3.8) is 0 Å². The predicted molar refractivity (Wildman–Crippen MR) is 87.6 cm³/mol. The van der Waals surface area contributed by atoms with Crippen molar-refractivity contribution in [2.24, 2.45) is 0 Å². The van der Waals surface area contributed by atoms with Crippen molar-refractivity contribution < 1.29 is 9.59 Å². The third kappa shape index (κ3) is 2.86. The Kier molecular flexibility index (Phi) is 4.68. The van der Waals surface area contributed by atoms with Gasteiger partial charge in [-0.3, -0.25) is 9.59 Å². The van der Waals surface area contributed by atoms with E-state index in [-0.39, 0.29) is 11.8 Å². The summed E-state index contributed by atoms with van der Waals surface area (Å²) in [5.74, 6) is 0.399. The lowest BCUT2D eigenvalue weighted by atomic mass is 10.1. The van der Waals surface area contributed by atoms with Gasteiger partial charge in [0.15, 0.2) is 5.82 Å². The van der Waals surface area contributed by atoms with Crippen LogP contribution in [-0.2, 0) is 13.0 Å². The fourth-order valence-electron chi connectivity index (χ4n) is 3.60. The Hall–Kier alpha value is -1.85. The van der Waals surface area contributed by atoms with E-state index >= 15 is 0 Å². The van der Waals surface area contributed by atoms with Gasteiger partial charge < -0.3 is 14.4 Å². The molecule has 2 amide bonds. The molecule has 1 fully saturated rings. The van der Waals surface area contributed by atoms with E-state index in [4.69, 9.17) is 0 Å². The Bertz CT molecular complexity index is 559. The van der Waals surface area contributed by atoms with Gasteiger partial charge in [-0.05, 0) is 46.0 Å². The van der Waals surface area contributed by atoms with Crippen LogP contribution in [0.15, 0.2) is 0 Å². The van der Waals surface area contributed by atoms with Gasteiger partial charge in [-0.25, -0.2) is 4.98 Å². The Labute approximate surface area is 137 Å². The number of imidazole rings is 1. The van der Waals surface area contributed by atoms with Crippen molar-refractivity contribution in [2.75, 3.05) is 26.2 Å². The number of amides is 2. The van der Waals surface area contributed by atoms with Crippen LogP contribution in [0.2, 0.25) is 0 Å². The molecule has 2 aliphatic heterocycles. The number of aromatic nitrogens is 2. The van der Waals surface area contributed by atoms with Gasteiger partial charge in [0.05, 0.1) is 5.69 Å². The van der Waals surface area contributed by atoms with Crippen LogP contribution in [0.1, 0.15) is 66.3 Å².